The molecule has 18 heavy (non-hydrogen) atoms. The largest absolute Gasteiger partial charge is 0.337 e. The van der Waals surface area contributed by atoms with Crippen LogP contribution >= 0.6 is 0 Å². The van der Waals surface area contributed by atoms with E-state index in [2.05, 4.69) is 4.90 Å². The van der Waals surface area contributed by atoms with Crippen LogP contribution in [0.1, 0.15) is 22.3 Å². The van der Waals surface area contributed by atoms with Crippen LogP contribution in [-0.2, 0) is 0 Å². The highest BCUT2D eigenvalue weighted by molar-refractivity contribution is 5.94. The zero-order chi connectivity index (χ0) is 13.3. The van der Waals surface area contributed by atoms with E-state index in [0.717, 1.165) is 25.1 Å². The van der Waals surface area contributed by atoms with E-state index in [1.165, 1.54) is 6.07 Å². The van der Waals surface area contributed by atoms with Gasteiger partial charge in [0, 0.05) is 19.6 Å². The van der Waals surface area contributed by atoms with Gasteiger partial charge in [-0.2, -0.15) is 0 Å². The second-order valence-corrected chi connectivity index (χ2v) is 5.10. The molecule has 98 valence electrons. The summed E-state index contributed by atoms with van der Waals surface area (Å²) in [6.07, 6.45) is 0.951. The SMILES string of the molecule is Cc1ccc(F)c(C(=O)N(C)C2CCN(C)C2)c1. The Morgan fingerprint density at radius 1 is 1.50 bits per heavy atom. The van der Waals surface area contributed by atoms with Crippen molar-refractivity contribution in [3.8, 4) is 0 Å². The lowest BCUT2D eigenvalue weighted by Crippen LogP contribution is -2.39. The molecule has 1 aliphatic heterocycles. The quantitative estimate of drug-likeness (QED) is 0.800. The molecule has 0 bridgehead atoms. The van der Waals surface area contributed by atoms with Crippen LogP contribution in [0.25, 0.3) is 0 Å². The van der Waals surface area contributed by atoms with Gasteiger partial charge in [0.15, 0.2) is 0 Å². The van der Waals surface area contributed by atoms with E-state index in [1.54, 1.807) is 24.1 Å². The average Bonchev–Trinajstić information content (AvgIpc) is 2.77. The molecule has 1 unspecified atom stereocenters. The van der Waals surface area contributed by atoms with Crippen molar-refractivity contribution >= 4 is 5.91 Å². The second kappa shape index (κ2) is 5.06. The summed E-state index contributed by atoms with van der Waals surface area (Å²) >= 11 is 0. The molecule has 1 atom stereocenters. The maximum atomic E-state index is 13.7. The van der Waals surface area contributed by atoms with Crippen LogP contribution in [0.2, 0.25) is 0 Å². The first-order valence-corrected chi connectivity index (χ1v) is 6.21. The molecule has 1 fully saturated rings. The van der Waals surface area contributed by atoms with Crippen molar-refractivity contribution in [3.05, 3.63) is 35.1 Å². The Hall–Kier alpha value is -1.42. The normalized spacial score (nSPS) is 20.1. The Kier molecular flexibility index (Phi) is 3.66. The first-order valence-electron chi connectivity index (χ1n) is 6.21. The number of hydrogen-bond donors (Lipinski definition) is 0. The molecule has 0 radical (unpaired) electrons. The second-order valence-electron chi connectivity index (χ2n) is 5.10. The van der Waals surface area contributed by atoms with Crippen LogP contribution in [0.4, 0.5) is 4.39 Å². The van der Waals surface area contributed by atoms with Crippen molar-refractivity contribution in [3.63, 3.8) is 0 Å². The summed E-state index contributed by atoms with van der Waals surface area (Å²) in [6, 6.07) is 4.84. The lowest BCUT2D eigenvalue weighted by Gasteiger charge is -2.24. The first-order chi connectivity index (χ1) is 8.49. The maximum absolute atomic E-state index is 13.7. The van der Waals surface area contributed by atoms with Crippen LogP contribution < -0.4 is 0 Å². The van der Waals surface area contributed by atoms with E-state index in [4.69, 9.17) is 0 Å². The minimum absolute atomic E-state index is 0.173. The molecule has 2 rings (SSSR count). The van der Waals surface area contributed by atoms with Gasteiger partial charge in [-0.1, -0.05) is 11.6 Å². The number of hydrogen-bond acceptors (Lipinski definition) is 2. The van der Waals surface area contributed by atoms with Gasteiger partial charge in [-0.15, -0.1) is 0 Å². The van der Waals surface area contributed by atoms with Crippen LogP contribution in [0.3, 0.4) is 0 Å². The van der Waals surface area contributed by atoms with E-state index in [9.17, 15) is 9.18 Å². The number of likely N-dealkylation sites (tertiary alicyclic amines) is 1. The van der Waals surface area contributed by atoms with Crippen molar-refractivity contribution < 1.29 is 9.18 Å². The third kappa shape index (κ3) is 2.53. The number of benzene rings is 1. The van der Waals surface area contributed by atoms with Gasteiger partial charge in [0.1, 0.15) is 5.82 Å². The van der Waals surface area contributed by atoms with Gasteiger partial charge in [0.2, 0.25) is 0 Å². The zero-order valence-electron chi connectivity index (χ0n) is 11.1. The fourth-order valence-corrected chi connectivity index (χ4v) is 2.39. The lowest BCUT2D eigenvalue weighted by molar-refractivity contribution is 0.0733. The molecule has 0 aliphatic carbocycles. The van der Waals surface area contributed by atoms with Gasteiger partial charge in [-0.25, -0.2) is 4.39 Å². The number of amides is 1. The van der Waals surface area contributed by atoms with Crippen molar-refractivity contribution in [2.75, 3.05) is 27.2 Å². The predicted octanol–water partition coefficient (Wildman–Crippen LogP) is 1.91. The summed E-state index contributed by atoms with van der Waals surface area (Å²) < 4.78 is 13.7. The number of halogens is 1. The third-order valence-corrected chi connectivity index (χ3v) is 3.59. The Balaban J connectivity index is 2.17. The molecule has 1 aromatic rings. The van der Waals surface area contributed by atoms with Crippen molar-refractivity contribution in [2.24, 2.45) is 0 Å². The third-order valence-electron chi connectivity index (χ3n) is 3.59. The molecule has 3 nitrogen and oxygen atoms in total. The van der Waals surface area contributed by atoms with Gasteiger partial charge in [-0.05, 0) is 39.1 Å². The van der Waals surface area contributed by atoms with Crippen LogP contribution in [-0.4, -0.2) is 48.9 Å². The average molecular weight is 250 g/mol. The summed E-state index contributed by atoms with van der Waals surface area (Å²) in [6.45, 7) is 3.70. The molecule has 0 aromatic heterocycles. The Morgan fingerprint density at radius 2 is 2.22 bits per heavy atom. The molecular formula is C14H19FN2O. The summed E-state index contributed by atoms with van der Waals surface area (Å²) in [5.41, 5.74) is 1.07. The molecule has 1 saturated heterocycles. The monoisotopic (exact) mass is 250 g/mol. The summed E-state index contributed by atoms with van der Waals surface area (Å²) in [7, 11) is 3.79. The number of nitrogens with zero attached hydrogens (tertiary/aromatic N) is 2. The van der Waals surface area contributed by atoms with Crippen LogP contribution in [0.15, 0.2) is 18.2 Å². The summed E-state index contributed by atoms with van der Waals surface area (Å²) in [5.74, 6) is -0.666. The van der Waals surface area contributed by atoms with E-state index in [1.807, 2.05) is 14.0 Å². The van der Waals surface area contributed by atoms with Crippen molar-refractivity contribution in [1.82, 2.24) is 9.80 Å². The molecule has 1 heterocycles. The zero-order valence-corrected chi connectivity index (χ0v) is 11.1. The first kappa shape index (κ1) is 13.0. The molecule has 1 aliphatic rings. The maximum Gasteiger partial charge on any atom is 0.256 e. The van der Waals surface area contributed by atoms with E-state index in [-0.39, 0.29) is 17.5 Å². The summed E-state index contributed by atoms with van der Waals surface area (Å²) in [5, 5.41) is 0. The smallest absolute Gasteiger partial charge is 0.256 e. The fraction of sp³-hybridized carbons (Fsp3) is 0.500. The number of rotatable bonds is 2. The van der Waals surface area contributed by atoms with Crippen LogP contribution in [0.5, 0.6) is 0 Å². The van der Waals surface area contributed by atoms with Gasteiger partial charge in [0.05, 0.1) is 5.56 Å². The molecule has 0 saturated carbocycles. The fourth-order valence-electron chi connectivity index (χ4n) is 2.39. The number of carbonyl (C=O) groups is 1. The number of aryl methyl sites for hydroxylation is 1. The highest BCUT2D eigenvalue weighted by Crippen LogP contribution is 2.18. The standard InChI is InChI=1S/C14H19FN2O/c1-10-4-5-13(15)12(8-10)14(18)17(3)11-6-7-16(2)9-11/h4-5,8,11H,6-7,9H2,1-3H3. The molecule has 0 spiro atoms. The number of carbonyl (C=O) groups excluding carboxylic acids is 1. The highest BCUT2D eigenvalue weighted by atomic mass is 19.1. The van der Waals surface area contributed by atoms with Gasteiger partial charge in [-0.3, -0.25) is 4.79 Å². The highest BCUT2D eigenvalue weighted by Gasteiger charge is 2.28. The minimum Gasteiger partial charge on any atom is -0.337 e. The summed E-state index contributed by atoms with van der Waals surface area (Å²) in [4.78, 5) is 16.1. The lowest BCUT2D eigenvalue weighted by atomic mass is 10.1. The van der Waals surface area contributed by atoms with Gasteiger partial charge < -0.3 is 9.80 Å². The molecule has 1 aromatic carbocycles. The Labute approximate surface area is 107 Å². The van der Waals surface area contributed by atoms with Gasteiger partial charge in [0.25, 0.3) is 5.91 Å². The molecular weight excluding hydrogens is 231 g/mol. The Morgan fingerprint density at radius 3 is 2.83 bits per heavy atom. The van der Waals surface area contributed by atoms with E-state index < -0.39 is 5.82 Å². The topological polar surface area (TPSA) is 23.6 Å². The Bertz CT molecular complexity index is 461. The van der Waals surface area contributed by atoms with Crippen molar-refractivity contribution in [1.29, 1.82) is 0 Å². The molecule has 1 amide bonds. The predicted molar refractivity (Wildman–Crippen MR) is 69.1 cm³/mol. The number of likely N-dealkylation sites (N-methyl/N-ethyl adjacent to an activating group) is 2. The van der Waals surface area contributed by atoms with Crippen molar-refractivity contribution in [2.45, 2.75) is 19.4 Å². The van der Waals surface area contributed by atoms with Crippen LogP contribution in [0, 0.1) is 12.7 Å². The molecule has 4 heteroatoms. The minimum atomic E-state index is -0.441. The molecule has 0 N–H and O–H groups in total. The van der Waals surface area contributed by atoms with E-state index in [0.29, 0.717) is 0 Å². The van der Waals surface area contributed by atoms with E-state index >= 15 is 0 Å². The van der Waals surface area contributed by atoms with Gasteiger partial charge >= 0.3 is 0 Å².